The van der Waals surface area contributed by atoms with Crippen molar-refractivity contribution in [1.29, 1.82) is 0 Å². The lowest BCUT2D eigenvalue weighted by Gasteiger charge is -2.43. The Kier molecular flexibility index (Phi) is 6.53. The molecule has 1 aromatic carbocycles. The third kappa shape index (κ3) is 5.35. The van der Waals surface area contributed by atoms with Gasteiger partial charge in [-0.05, 0) is 18.9 Å². The highest BCUT2D eigenvalue weighted by Crippen LogP contribution is 2.29. The molecule has 10 heteroatoms. The molecule has 0 radical (unpaired) electrons. The van der Waals surface area contributed by atoms with E-state index in [4.69, 9.17) is 20.9 Å². The van der Waals surface area contributed by atoms with Crippen LogP contribution in [0.5, 0.6) is 0 Å². The number of hydrogen-bond donors (Lipinski definition) is 2. The molecular formula is C19H26FN5O4. The minimum absolute atomic E-state index is 0.0339. The van der Waals surface area contributed by atoms with Gasteiger partial charge in [-0.3, -0.25) is 4.79 Å². The highest BCUT2D eigenvalue weighted by atomic mass is 19.1. The molecule has 29 heavy (non-hydrogen) atoms. The molecule has 1 aromatic rings. The predicted octanol–water partition coefficient (Wildman–Crippen LogP) is 0.952. The van der Waals surface area contributed by atoms with Crippen LogP contribution in [0.1, 0.15) is 25.3 Å². The zero-order valence-electron chi connectivity index (χ0n) is 16.3. The average Bonchev–Trinajstić information content (AvgIpc) is 2.64. The molecule has 3 rings (SSSR count). The largest absolute Gasteiger partial charge is 0.443 e. The normalized spacial score (nSPS) is 17.6. The zero-order valence-corrected chi connectivity index (χ0v) is 16.3. The molecule has 2 amide bonds. The van der Waals surface area contributed by atoms with Crippen LogP contribution in [0.2, 0.25) is 0 Å². The Morgan fingerprint density at radius 2 is 1.90 bits per heavy atom. The molecule has 0 unspecified atom stereocenters. The topological polar surface area (TPSA) is 123 Å². The van der Waals surface area contributed by atoms with Gasteiger partial charge in [0.1, 0.15) is 6.61 Å². The molecule has 0 atom stereocenters. The van der Waals surface area contributed by atoms with Crippen LogP contribution in [0.25, 0.3) is 0 Å². The number of nitrogens with two attached hydrogens (primary N) is 2. The van der Waals surface area contributed by atoms with E-state index in [-0.39, 0.29) is 30.3 Å². The van der Waals surface area contributed by atoms with Gasteiger partial charge in [-0.2, -0.15) is 0 Å². The van der Waals surface area contributed by atoms with Crippen LogP contribution in [0.15, 0.2) is 23.2 Å². The number of amides is 2. The molecule has 2 heterocycles. The monoisotopic (exact) mass is 407 g/mol. The first-order valence-electron chi connectivity index (χ1n) is 9.53. The minimum Gasteiger partial charge on any atom is -0.443 e. The van der Waals surface area contributed by atoms with Gasteiger partial charge in [0.05, 0.1) is 17.9 Å². The molecule has 2 aliphatic heterocycles. The van der Waals surface area contributed by atoms with Crippen molar-refractivity contribution in [2.45, 2.75) is 38.6 Å². The highest BCUT2D eigenvalue weighted by Gasteiger charge is 2.33. The Balaban J connectivity index is 1.48. The van der Waals surface area contributed by atoms with Gasteiger partial charge >= 0.3 is 6.09 Å². The summed E-state index contributed by atoms with van der Waals surface area (Å²) < 4.78 is 25.7. The summed E-state index contributed by atoms with van der Waals surface area (Å²) in [5, 5.41) is 0. The summed E-state index contributed by atoms with van der Waals surface area (Å²) in [6.07, 6.45) is 0.834. The maximum Gasteiger partial charge on any atom is 0.437 e. The van der Waals surface area contributed by atoms with Crippen molar-refractivity contribution in [2.24, 2.45) is 16.5 Å². The van der Waals surface area contributed by atoms with Gasteiger partial charge in [-0.1, -0.05) is 12.1 Å². The molecule has 4 N–H and O–H groups in total. The van der Waals surface area contributed by atoms with E-state index in [1.807, 2.05) is 9.80 Å². The number of piperidine rings is 1. The van der Waals surface area contributed by atoms with Crippen LogP contribution in [0.3, 0.4) is 0 Å². The summed E-state index contributed by atoms with van der Waals surface area (Å²) in [4.78, 5) is 29.7. The molecule has 2 saturated heterocycles. The van der Waals surface area contributed by atoms with E-state index < -0.39 is 17.9 Å². The van der Waals surface area contributed by atoms with E-state index in [9.17, 15) is 14.0 Å². The van der Waals surface area contributed by atoms with E-state index >= 15 is 0 Å². The Labute approximate surface area is 168 Å². The van der Waals surface area contributed by atoms with Gasteiger partial charge < -0.3 is 30.7 Å². The summed E-state index contributed by atoms with van der Waals surface area (Å²) in [5.41, 5.74) is 10.9. The molecule has 0 spiro atoms. The molecule has 0 aliphatic carbocycles. The van der Waals surface area contributed by atoms with Crippen LogP contribution >= 0.6 is 0 Å². The smallest absolute Gasteiger partial charge is 0.437 e. The van der Waals surface area contributed by atoms with Crippen LogP contribution in [0, 0.1) is 5.82 Å². The number of carbonyl (C=O) groups is 2. The summed E-state index contributed by atoms with van der Waals surface area (Å²) in [7, 11) is 0. The number of hydrogen-bond acceptors (Lipinski definition) is 5. The first-order chi connectivity index (χ1) is 13.8. The van der Waals surface area contributed by atoms with Crippen molar-refractivity contribution >= 4 is 23.6 Å². The van der Waals surface area contributed by atoms with Crippen LogP contribution in [-0.4, -0.2) is 61.2 Å². The number of likely N-dealkylation sites (tertiary alicyclic amines) is 1. The maximum atomic E-state index is 14.8. The zero-order chi connectivity index (χ0) is 21.0. The predicted molar refractivity (Wildman–Crippen MR) is 105 cm³/mol. The van der Waals surface area contributed by atoms with Crippen LogP contribution in [-0.2, 0) is 20.9 Å². The lowest BCUT2D eigenvalue weighted by Crippen LogP contribution is -2.54. The summed E-state index contributed by atoms with van der Waals surface area (Å²) in [5.74, 6) is -0.765. The van der Waals surface area contributed by atoms with Crippen molar-refractivity contribution in [1.82, 2.24) is 4.90 Å². The number of aliphatic imine (C=N–C) groups is 1. The number of halogens is 1. The Morgan fingerprint density at radius 3 is 2.52 bits per heavy atom. The summed E-state index contributed by atoms with van der Waals surface area (Å²) in [6.45, 7) is 3.91. The lowest BCUT2D eigenvalue weighted by atomic mass is 10.0. The SMILES string of the molecule is CC(=O)N1CCC(OC2CN(c3cccc(COC(=O)N=C(N)N)c3F)C2)CC1. The van der Waals surface area contributed by atoms with Gasteiger partial charge in [0.15, 0.2) is 11.8 Å². The maximum absolute atomic E-state index is 14.8. The van der Waals surface area contributed by atoms with Gasteiger partial charge in [-0.25, -0.2) is 9.18 Å². The van der Waals surface area contributed by atoms with Crippen molar-refractivity contribution in [3.8, 4) is 0 Å². The van der Waals surface area contributed by atoms with Gasteiger partial charge in [-0.15, -0.1) is 4.99 Å². The molecule has 2 fully saturated rings. The minimum atomic E-state index is -0.969. The summed E-state index contributed by atoms with van der Waals surface area (Å²) in [6, 6.07) is 4.92. The van der Waals surface area contributed by atoms with Crippen LogP contribution in [0.4, 0.5) is 14.9 Å². The lowest BCUT2D eigenvalue weighted by molar-refractivity contribution is -0.132. The van der Waals surface area contributed by atoms with E-state index in [2.05, 4.69) is 4.99 Å². The van der Waals surface area contributed by atoms with E-state index in [0.29, 0.717) is 31.9 Å². The van der Waals surface area contributed by atoms with Crippen molar-refractivity contribution in [3.05, 3.63) is 29.6 Å². The van der Waals surface area contributed by atoms with Crippen LogP contribution < -0.4 is 16.4 Å². The third-order valence-electron chi connectivity index (χ3n) is 5.09. The Hall–Kier alpha value is -2.88. The molecule has 2 aliphatic rings. The number of benzene rings is 1. The fourth-order valence-corrected chi connectivity index (χ4v) is 3.50. The summed E-state index contributed by atoms with van der Waals surface area (Å²) >= 11 is 0. The fraction of sp³-hybridized carbons (Fsp3) is 0.526. The van der Waals surface area contributed by atoms with Crippen molar-refractivity contribution in [2.75, 3.05) is 31.1 Å². The average molecular weight is 407 g/mol. The second-order valence-electron chi connectivity index (χ2n) is 7.21. The number of carbonyl (C=O) groups excluding carboxylic acids is 2. The van der Waals surface area contributed by atoms with E-state index in [1.165, 1.54) is 6.07 Å². The highest BCUT2D eigenvalue weighted by molar-refractivity contribution is 5.87. The standard InChI is InChI=1S/C19H26FN5O4/c1-12(26)24-7-5-14(6-8-24)29-15-9-25(10-15)16-4-2-3-13(17(16)20)11-28-19(27)23-18(21)22/h2-4,14-15H,5-11H2,1H3,(H4,21,22,23,27). The first-order valence-corrected chi connectivity index (χ1v) is 9.53. The molecule has 0 saturated carbocycles. The van der Waals surface area contributed by atoms with E-state index in [0.717, 1.165) is 12.8 Å². The number of anilines is 1. The van der Waals surface area contributed by atoms with Gasteiger partial charge in [0, 0.05) is 38.7 Å². The molecule has 0 bridgehead atoms. The van der Waals surface area contributed by atoms with E-state index in [1.54, 1.807) is 19.1 Å². The second-order valence-corrected chi connectivity index (χ2v) is 7.21. The number of nitrogens with zero attached hydrogens (tertiary/aromatic N) is 3. The van der Waals surface area contributed by atoms with Gasteiger partial charge in [0.2, 0.25) is 5.91 Å². The number of rotatable bonds is 5. The number of guanidine groups is 1. The molecule has 158 valence electrons. The molecular weight excluding hydrogens is 381 g/mol. The first kappa shape index (κ1) is 20.8. The van der Waals surface area contributed by atoms with Gasteiger partial charge in [0.25, 0.3) is 0 Å². The Bertz CT molecular complexity index is 785. The number of ether oxygens (including phenoxy) is 2. The Morgan fingerprint density at radius 1 is 1.21 bits per heavy atom. The van der Waals surface area contributed by atoms with Crippen molar-refractivity contribution < 1.29 is 23.5 Å². The quantitative estimate of drug-likeness (QED) is 0.550. The fourth-order valence-electron chi connectivity index (χ4n) is 3.50. The second kappa shape index (κ2) is 9.08. The molecule has 9 nitrogen and oxygen atoms in total. The van der Waals surface area contributed by atoms with Crippen molar-refractivity contribution in [3.63, 3.8) is 0 Å². The molecule has 0 aromatic heterocycles. The third-order valence-corrected chi connectivity index (χ3v) is 5.09.